The third-order valence-corrected chi connectivity index (χ3v) is 6.09. The van der Waals surface area contributed by atoms with Crippen LogP contribution < -0.4 is 5.32 Å². The number of unbranched alkanes of at least 4 members (excludes halogenated alkanes) is 2. The monoisotopic (exact) mass is 577 g/mol. The number of benzene rings is 3. The molecule has 0 unspecified atom stereocenters. The topological polar surface area (TPSA) is 24.4 Å². The van der Waals surface area contributed by atoms with Crippen LogP contribution in [0.25, 0.3) is 10.8 Å². The fourth-order valence-corrected chi connectivity index (χ4v) is 2.99. The van der Waals surface area contributed by atoms with Crippen LogP contribution in [0.15, 0.2) is 83.9 Å². The molecule has 0 aliphatic rings. The van der Waals surface area contributed by atoms with E-state index in [1.54, 1.807) is 0 Å². The lowest BCUT2D eigenvalue weighted by molar-refractivity contribution is 0.610. The molecule has 0 saturated heterocycles. The largest absolute Gasteiger partial charge is 0.306 e. The molecule has 0 bridgehead atoms. The summed E-state index contributed by atoms with van der Waals surface area (Å²) >= 11 is 0. The summed E-state index contributed by atoms with van der Waals surface area (Å²) in [5, 5.41) is 6.06. The molecule has 0 amide bonds. The number of aryl methyl sites for hydroxylation is 1. The molecule has 2 heteroatoms. The third-order valence-electron chi connectivity index (χ3n) is 6.09. The Morgan fingerprint density at radius 3 is 1.71 bits per heavy atom. The Balaban J connectivity index is -0.000000528. The van der Waals surface area contributed by atoms with Crippen molar-refractivity contribution in [2.45, 2.75) is 134 Å². The van der Waals surface area contributed by atoms with E-state index in [2.05, 4.69) is 153 Å². The Bertz CT molecular complexity index is 1040. The van der Waals surface area contributed by atoms with Crippen molar-refractivity contribution < 1.29 is 0 Å². The van der Waals surface area contributed by atoms with Crippen LogP contribution in [0, 0.1) is 6.92 Å². The normalized spacial score (nSPS) is 10.5. The Morgan fingerprint density at radius 2 is 1.26 bits per heavy atom. The molecule has 0 spiro atoms. The summed E-state index contributed by atoms with van der Waals surface area (Å²) in [5.41, 5.74) is 6.33. The van der Waals surface area contributed by atoms with Crippen LogP contribution >= 0.6 is 0 Å². The zero-order valence-electron chi connectivity index (χ0n) is 30.0. The lowest BCUT2D eigenvalue weighted by Gasteiger charge is -2.13. The second-order valence-electron chi connectivity index (χ2n) is 10.5. The molecule has 1 atom stereocenters. The molecular formula is C40H68N2. The summed E-state index contributed by atoms with van der Waals surface area (Å²) in [6.07, 6.45) is 7.50. The number of rotatable bonds is 8. The average molecular weight is 577 g/mol. The van der Waals surface area contributed by atoms with Gasteiger partial charge in [0.25, 0.3) is 0 Å². The highest BCUT2D eigenvalue weighted by atomic mass is 14.9. The summed E-state index contributed by atoms with van der Waals surface area (Å²) in [4.78, 5) is 4.13. The van der Waals surface area contributed by atoms with Crippen LogP contribution in [-0.2, 0) is 13.0 Å². The van der Waals surface area contributed by atoms with Crippen molar-refractivity contribution in [3.05, 3.63) is 95.6 Å². The second-order valence-corrected chi connectivity index (χ2v) is 10.5. The fourth-order valence-electron chi connectivity index (χ4n) is 2.99. The van der Waals surface area contributed by atoms with Gasteiger partial charge in [0.2, 0.25) is 0 Å². The lowest BCUT2D eigenvalue weighted by Crippen LogP contribution is -2.25. The second kappa shape index (κ2) is 31.2. The molecule has 0 aromatic heterocycles. The van der Waals surface area contributed by atoms with Gasteiger partial charge in [-0.3, -0.25) is 4.99 Å². The minimum Gasteiger partial charge on any atom is -0.306 e. The summed E-state index contributed by atoms with van der Waals surface area (Å²) < 4.78 is 0. The summed E-state index contributed by atoms with van der Waals surface area (Å²) in [6, 6.07) is 24.0. The van der Waals surface area contributed by atoms with E-state index < -0.39 is 0 Å². The van der Waals surface area contributed by atoms with Crippen molar-refractivity contribution in [3.63, 3.8) is 0 Å². The van der Waals surface area contributed by atoms with E-state index in [1.165, 1.54) is 70.9 Å². The molecule has 3 aromatic carbocycles. The smallest absolute Gasteiger partial charge is 0.0276 e. The van der Waals surface area contributed by atoms with Gasteiger partial charge in [0, 0.05) is 31.8 Å². The van der Waals surface area contributed by atoms with Gasteiger partial charge in [-0.1, -0.05) is 166 Å². The highest BCUT2D eigenvalue weighted by Crippen LogP contribution is 2.15. The Hall–Kier alpha value is -2.71. The highest BCUT2D eigenvalue weighted by Gasteiger charge is 2.02. The van der Waals surface area contributed by atoms with E-state index in [0.717, 1.165) is 13.0 Å². The summed E-state index contributed by atoms with van der Waals surface area (Å²) in [7, 11) is 1.84. The zero-order chi connectivity index (χ0) is 32.8. The molecule has 3 aromatic rings. The van der Waals surface area contributed by atoms with Gasteiger partial charge >= 0.3 is 0 Å². The van der Waals surface area contributed by atoms with Gasteiger partial charge in [-0.05, 0) is 55.7 Å². The van der Waals surface area contributed by atoms with E-state index in [9.17, 15) is 0 Å². The van der Waals surface area contributed by atoms with Gasteiger partial charge < -0.3 is 5.32 Å². The van der Waals surface area contributed by atoms with Crippen LogP contribution in [0.2, 0.25) is 0 Å². The Labute approximate surface area is 263 Å². The maximum atomic E-state index is 4.13. The van der Waals surface area contributed by atoms with Crippen LogP contribution in [0.5, 0.6) is 0 Å². The van der Waals surface area contributed by atoms with E-state index in [0.29, 0.717) is 6.04 Å². The first-order valence-corrected chi connectivity index (χ1v) is 16.5. The standard InChI is InChI=1S/C16H19N.C11H15N.2C4H10.C3H8.C2H6/c1-12(2)13(3)17-11-14-8-9-15-6-4-5-7-16(15)10-14;1-9-5-4-6-11(7-9)8-10(2)12-3;2*1-3-4-2;1-3-2;1-2/h4-10,13,17H,1,11H2,2-3H3;4-7H,8H2,1-3H3;2*3-4H2,1-2H3;3H2,1-2H3;1-2H3/t13-;;;;;/m1...../s1. The Morgan fingerprint density at radius 1 is 0.738 bits per heavy atom. The minimum atomic E-state index is 0.362. The molecule has 0 fully saturated rings. The highest BCUT2D eigenvalue weighted by molar-refractivity contribution is 5.84. The first kappa shape index (κ1) is 43.7. The quantitative estimate of drug-likeness (QED) is 0.209. The number of nitrogens with zero attached hydrogens (tertiary/aromatic N) is 1. The number of hydrogen-bond donors (Lipinski definition) is 1. The molecule has 42 heavy (non-hydrogen) atoms. The molecule has 238 valence electrons. The van der Waals surface area contributed by atoms with Crippen molar-refractivity contribution in [3.8, 4) is 0 Å². The number of fused-ring (bicyclic) bond motifs is 1. The third kappa shape index (κ3) is 25.0. The van der Waals surface area contributed by atoms with Crippen molar-refractivity contribution in [2.24, 2.45) is 4.99 Å². The molecular weight excluding hydrogens is 508 g/mol. The lowest BCUT2D eigenvalue weighted by atomic mass is 10.1. The fraction of sp³-hybridized carbons (Fsp3) is 0.525. The average Bonchev–Trinajstić information content (AvgIpc) is 3.01. The van der Waals surface area contributed by atoms with Crippen molar-refractivity contribution in [1.29, 1.82) is 0 Å². The van der Waals surface area contributed by atoms with Gasteiger partial charge in [-0.2, -0.15) is 0 Å². The van der Waals surface area contributed by atoms with Gasteiger partial charge in [0.1, 0.15) is 0 Å². The van der Waals surface area contributed by atoms with E-state index in [-0.39, 0.29) is 0 Å². The number of aliphatic imine (C=N–C) groups is 1. The van der Waals surface area contributed by atoms with Gasteiger partial charge in [0.15, 0.2) is 0 Å². The molecule has 0 saturated carbocycles. The number of hydrogen-bond acceptors (Lipinski definition) is 2. The number of nitrogens with one attached hydrogen (secondary N) is 1. The predicted molar refractivity (Wildman–Crippen MR) is 197 cm³/mol. The molecule has 1 N–H and O–H groups in total. The van der Waals surface area contributed by atoms with Gasteiger partial charge in [-0.25, -0.2) is 0 Å². The molecule has 0 radical (unpaired) electrons. The molecule has 2 nitrogen and oxygen atoms in total. The SMILES string of the molecule is C=C(C)[C@@H](C)NCc1ccc2ccccc2c1.CC.CCC.CCCC.CCCC.CN=C(C)Cc1cccc(C)c1. The summed E-state index contributed by atoms with van der Waals surface area (Å²) in [5.74, 6) is 0. The molecule has 0 heterocycles. The first-order valence-electron chi connectivity index (χ1n) is 16.5. The van der Waals surface area contributed by atoms with Crippen LogP contribution in [-0.4, -0.2) is 18.8 Å². The van der Waals surface area contributed by atoms with E-state index in [4.69, 9.17) is 0 Å². The Kier molecular flexibility index (Phi) is 32.5. The van der Waals surface area contributed by atoms with Crippen LogP contribution in [0.4, 0.5) is 0 Å². The molecule has 3 rings (SSSR count). The van der Waals surface area contributed by atoms with E-state index >= 15 is 0 Å². The zero-order valence-corrected chi connectivity index (χ0v) is 30.0. The van der Waals surface area contributed by atoms with E-state index in [1.807, 2.05) is 20.9 Å². The van der Waals surface area contributed by atoms with Crippen molar-refractivity contribution >= 4 is 16.5 Å². The van der Waals surface area contributed by atoms with Crippen molar-refractivity contribution in [2.75, 3.05) is 7.05 Å². The van der Waals surface area contributed by atoms with Gasteiger partial charge in [-0.15, -0.1) is 0 Å². The van der Waals surface area contributed by atoms with Gasteiger partial charge in [0.05, 0.1) is 0 Å². The maximum Gasteiger partial charge on any atom is 0.0276 e. The van der Waals surface area contributed by atoms with Crippen LogP contribution in [0.3, 0.4) is 0 Å². The first-order chi connectivity index (χ1) is 20.1. The predicted octanol–water partition coefficient (Wildman–Crippen LogP) is 12.6. The van der Waals surface area contributed by atoms with Crippen molar-refractivity contribution in [1.82, 2.24) is 5.32 Å². The minimum absolute atomic E-state index is 0.362. The maximum absolute atomic E-state index is 4.13. The van der Waals surface area contributed by atoms with Crippen LogP contribution in [0.1, 0.15) is 125 Å². The molecule has 0 aliphatic heterocycles. The molecule has 0 aliphatic carbocycles. The summed E-state index contributed by atoms with van der Waals surface area (Å²) in [6.45, 7) is 30.2.